The first-order valence-electron chi connectivity index (χ1n) is 11.0. The van der Waals surface area contributed by atoms with Gasteiger partial charge in [-0.25, -0.2) is 14.8 Å². The summed E-state index contributed by atoms with van der Waals surface area (Å²) >= 11 is 0. The molecule has 5 N–H and O–H groups in total. The van der Waals surface area contributed by atoms with Crippen LogP contribution >= 0.6 is 0 Å². The number of nitrogens with zero attached hydrogens (tertiary/aromatic N) is 4. The summed E-state index contributed by atoms with van der Waals surface area (Å²) in [4.78, 5) is 26.3. The van der Waals surface area contributed by atoms with E-state index in [1.807, 2.05) is 39.0 Å². The van der Waals surface area contributed by atoms with Crippen molar-refractivity contribution in [1.82, 2.24) is 19.5 Å². The molecule has 1 aromatic carbocycles. The highest BCUT2D eigenvalue weighted by atomic mass is 16.5. The Kier molecular flexibility index (Phi) is 5.97. The fraction of sp³-hybridized carbons (Fsp3) is 0.280. The fourth-order valence-corrected chi connectivity index (χ4v) is 4.61. The van der Waals surface area contributed by atoms with Crippen molar-refractivity contribution in [2.24, 2.45) is 5.73 Å². The van der Waals surface area contributed by atoms with Gasteiger partial charge in [-0.3, -0.25) is 9.55 Å². The van der Waals surface area contributed by atoms with Crippen LogP contribution in [0, 0.1) is 20.8 Å². The summed E-state index contributed by atoms with van der Waals surface area (Å²) in [6.45, 7) is 7.85. The lowest BCUT2D eigenvalue weighted by molar-refractivity contribution is 0.0700. The van der Waals surface area contributed by atoms with Gasteiger partial charge in [-0.05, 0) is 50.5 Å². The van der Waals surface area contributed by atoms with E-state index in [0.717, 1.165) is 33.6 Å². The van der Waals surface area contributed by atoms with E-state index >= 15 is 0 Å². The second kappa shape index (κ2) is 8.75. The number of hydrogen-bond donors (Lipinski definition) is 3. The van der Waals surface area contributed by atoms with Crippen molar-refractivity contribution in [2.75, 3.05) is 12.8 Å². The third kappa shape index (κ3) is 3.45. The molecule has 0 aliphatic rings. The smallest absolute Gasteiger partial charge is 0.340 e. The minimum absolute atomic E-state index is 0.0514. The van der Waals surface area contributed by atoms with Crippen LogP contribution in [0.2, 0.25) is 0 Å². The maximum absolute atomic E-state index is 12.5. The molecule has 0 bridgehead atoms. The number of carboxylic acids is 1. The van der Waals surface area contributed by atoms with E-state index in [1.165, 1.54) is 0 Å². The van der Waals surface area contributed by atoms with E-state index in [0.29, 0.717) is 34.7 Å². The van der Waals surface area contributed by atoms with Crippen LogP contribution in [0.3, 0.4) is 0 Å². The highest BCUT2D eigenvalue weighted by Gasteiger charge is 2.29. The number of anilines is 1. The number of nitrogens with two attached hydrogens (primary N) is 2. The number of pyridine rings is 1. The number of aromatic nitrogens is 4. The number of aryl methyl sites for hydroxylation is 3. The highest BCUT2D eigenvalue weighted by molar-refractivity contribution is 6.13. The number of aromatic carboxylic acids is 1. The summed E-state index contributed by atoms with van der Waals surface area (Å²) in [5.41, 5.74) is 18.3. The van der Waals surface area contributed by atoms with Gasteiger partial charge in [0.25, 0.3) is 0 Å². The lowest BCUT2D eigenvalue weighted by Crippen LogP contribution is -2.08. The number of methoxy groups -OCH3 is 1. The molecular formula is C25H28N6O3. The highest BCUT2D eigenvalue weighted by Crippen LogP contribution is 2.40. The monoisotopic (exact) mass is 460 g/mol. The normalized spacial score (nSPS) is 11.2. The largest absolute Gasteiger partial charge is 0.496 e. The molecule has 0 saturated carbocycles. The summed E-state index contributed by atoms with van der Waals surface area (Å²) in [6, 6.07) is 5.59. The Balaban J connectivity index is 2.22. The molecule has 176 valence electrons. The van der Waals surface area contributed by atoms with Gasteiger partial charge in [-0.1, -0.05) is 13.0 Å². The van der Waals surface area contributed by atoms with Crippen molar-refractivity contribution in [2.45, 2.75) is 40.7 Å². The second-order valence-corrected chi connectivity index (χ2v) is 8.12. The molecule has 0 aliphatic carbocycles. The average molecular weight is 461 g/mol. The lowest BCUT2D eigenvalue weighted by Gasteiger charge is -2.17. The van der Waals surface area contributed by atoms with Crippen LogP contribution in [0.4, 0.5) is 5.82 Å². The van der Waals surface area contributed by atoms with E-state index in [2.05, 4.69) is 15.0 Å². The molecule has 4 aromatic rings. The van der Waals surface area contributed by atoms with Crippen LogP contribution in [0.1, 0.15) is 45.5 Å². The minimum Gasteiger partial charge on any atom is -0.496 e. The van der Waals surface area contributed by atoms with Gasteiger partial charge in [-0.15, -0.1) is 0 Å². The zero-order valence-corrected chi connectivity index (χ0v) is 19.9. The van der Waals surface area contributed by atoms with Crippen molar-refractivity contribution >= 4 is 22.8 Å². The van der Waals surface area contributed by atoms with Crippen molar-refractivity contribution < 1.29 is 14.6 Å². The van der Waals surface area contributed by atoms with Gasteiger partial charge in [0, 0.05) is 29.6 Å². The molecule has 9 heteroatoms. The SMILES string of the molecule is CCc1nccc(-c2nc(C)nc3c2c(C(=O)O)c(N)n3-c2c(C)ccc(OC)c2C)c1CN. The van der Waals surface area contributed by atoms with Crippen molar-refractivity contribution in [3.8, 4) is 22.7 Å². The van der Waals surface area contributed by atoms with Gasteiger partial charge in [0.15, 0.2) is 5.65 Å². The van der Waals surface area contributed by atoms with Gasteiger partial charge < -0.3 is 21.3 Å². The molecule has 4 rings (SSSR count). The van der Waals surface area contributed by atoms with Crippen LogP contribution in [-0.4, -0.2) is 37.7 Å². The Hall–Kier alpha value is -3.98. The minimum atomic E-state index is -1.16. The van der Waals surface area contributed by atoms with Crippen LogP contribution in [0.15, 0.2) is 24.4 Å². The van der Waals surface area contributed by atoms with Crippen molar-refractivity contribution in [3.05, 3.63) is 58.2 Å². The number of benzene rings is 1. The van der Waals surface area contributed by atoms with Crippen LogP contribution in [0.5, 0.6) is 5.75 Å². The number of carboxylic acid groups (broad SMARTS) is 1. The molecule has 3 heterocycles. The van der Waals surface area contributed by atoms with Gasteiger partial charge in [0.2, 0.25) is 0 Å². The number of nitrogen functional groups attached to an aromatic ring is 1. The van der Waals surface area contributed by atoms with Gasteiger partial charge in [0.1, 0.15) is 23.0 Å². The number of fused-ring (bicyclic) bond motifs is 1. The van der Waals surface area contributed by atoms with E-state index in [-0.39, 0.29) is 17.9 Å². The molecule has 34 heavy (non-hydrogen) atoms. The topological polar surface area (TPSA) is 142 Å². The third-order valence-corrected chi connectivity index (χ3v) is 6.14. The molecule has 0 aliphatic heterocycles. The van der Waals surface area contributed by atoms with Gasteiger partial charge in [0.05, 0.1) is 23.9 Å². The van der Waals surface area contributed by atoms with E-state index in [4.69, 9.17) is 16.2 Å². The van der Waals surface area contributed by atoms with Gasteiger partial charge >= 0.3 is 5.97 Å². The molecule has 0 unspecified atom stereocenters. The van der Waals surface area contributed by atoms with Crippen LogP contribution < -0.4 is 16.2 Å². The van der Waals surface area contributed by atoms with E-state index in [1.54, 1.807) is 24.8 Å². The zero-order chi connectivity index (χ0) is 24.7. The fourth-order valence-electron chi connectivity index (χ4n) is 4.61. The van der Waals surface area contributed by atoms with Crippen LogP contribution in [-0.2, 0) is 13.0 Å². The Bertz CT molecular complexity index is 1440. The first-order valence-corrected chi connectivity index (χ1v) is 11.0. The molecule has 0 radical (unpaired) electrons. The summed E-state index contributed by atoms with van der Waals surface area (Å²) in [6.07, 6.45) is 2.37. The van der Waals surface area contributed by atoms with Crippen LogP contribution in [0.25, 0.3) is 28.0 Å². The Labute approximate surface area is 197 Å². The predicted octanol–water partition coefficient (Wildman–Crippen LogP) is 3.72. The van der Waals surface area contributed by atoms with E-state index in [9.17, 15) is 9.90 Å². The predicted molar refractivity (Wildman–Crippen MR) is 132 cm³/mol. The number of carbonyl (C=O) groups is 1. The zero-order valence-electron chi connectivity index (χ0n) is 19.9. The Morgan fingerprint density at radius 1 is 1.18 bits per heavy atom. The summed E-state index contributed by atoms with van der Waals surface area (Å²) in [5.74, 6) is 0.0560. The number of rotatable bonds is 6. The second-order valence-electron chi connectivity index (χ2n) is 8.12. The van der Waals surface area contributed by atoms with E-state index < -0.39 is 5.97 Å². The molecule has 3 aromatic heterocycles. The van der Waals surface area contributed by atoms with Gasteiger partial charge in [-0.2, -0.15) is 0 Å². The summed E-state index contributed by atoms with van der Waals surface area (Å²) in [7, 11) is 1.59. The van der Waals surface area contributed by atoms with Crippen molar-refractivity contribution in [3.63, 3.8) is 0 Å². The first kappa shape index (κ1) is 23.2. The maximum atomic E-state index is 12.5. The molecule has 0 fully saturated rings. The average Bonchev–Trinajstić information content (AvgIpc) is 3.10. The molecule has 0 spiro atoms. The lowest BCUT2D eigenvalue weighted by atomic mass is 9.99. The molecule has 0 atom stereocenters. The standard InChI is InChI=1S/C25H28N6O3/c1-6-17-16(11-26)15(9-10-28-17)21-19-20(25(32)33)23(27)31(24(19)30-14(4)29-21)22-12(2)7-8-18(34-5)13(22)3/h7-10H,6,11,26-27H2,1-5H3,(H,32,33). The quantitative estimate of drug-likeness (QED) is 0.395. The Morgan fingerprint density at radius 2 is 1.91 bits per heavy atom. The molecule has 9 nitrogen and oxygen atoms in total. The maximum Gasteiger partial charge on any atom is 0.340 e. The molecular weight excluding hydrogens is 432 g/mol. The number of hydrogen-bond acceptors (Lipinski definition) is 7. The van der Waals surface area contributed by atoms with Crippen molar-refractivity contribution in [1.29, 1.82) is 0 Å². The third-order valence-electron chi connectivity index (χ3n) is 6.14. The molecule has 0 saturated heterocycles. The summed E-state index contributed by atoms with van der Waals surface area (Å²) < 4.78 is 7.21. The number of ether oxygens (including phenoxy) is 1. The molecule has 0 amide bonds. The Morgan fingerprint density at radius 3 is 2.53 bits per heavy atom. The first-order chi connectivity index (χ1) is 16.2. The summed E-state index contributed by atoms with van der Waals surface area (Å²) in [5, 5.41) is 10.6.